The van der Waals surface area contributed by atoms with Crippen LogP contribution >= 0.6 is 33.9 Å². The summed E-state index contributed by atoms with van der Waals surface area (Å²) in [4.78, 5) is 0. The first-order valence-electron chi connectivity index (χ1n) is 3.29. The number of hydrogen-bond donors (Lipinski definition) is 2. The molecule has 0 aliphatic carbocycles. The van der Waals surface area contributed by atoms with Crippen LogP contribution in [-0.2, 0) is 0 Å². The van der Waals surface area contributed by atoms with E-state index in [-0.39, 0.29) is 10.8 Å². The Morgan fingerprint density at radius 2 is 2.00 bits per heavy atom. The smallest absolute Gasteiger partial charge is 0.215 e. The summed E-state index contributed by atoms with van der Waals surface area (Å²) in [6.45, 7) is 0. The fourth-order valence-corrected chi connectivity index (χ4v) is 2.73. The number of halogens is 1. The maximum Gasteiger partial charge on any atom is 0.215 e. The highest BCUT2D eigenvalue weighted by Crippen LogP contribution is 2.43. The predicted octanol–water partition coefficient (Wildman–Crippen LogP) is 2.92. The third kappa shape index (κ3) is 1.06. The van der Waals surface area contributed by atoms with Gasteiger partial charge < -0.3 is 10.2 Å². The molecule has 0 bridgehead atoms. The largest absolute Gasteiger partial charge is 0.503 e. The van der Waals surface area contributed by atoms with Gasteiger partial charge in [0.15, 0.2) is 5.75 Å². The van der Waals surface area contributed by atoms with Gasteiger partial charge in [-0.3, -0.25) is 0 Å². The molecular formula is C8H5IO2S. The first-order chi connectivity index (χ1) is 5.70. The lowest BCUT2D eigenvalue weighted by Gasteiger charge is -1.91. The fourth-order valence-electron chi connectivity index (χ4n) is 1.06. The monoisotopic (exact) mass is 292 g/mol. The highest BCUT2D eigenvalue weighted by molar-refractivity contribution is 14.1. The van der Waals surface area contributed by atoms with Gasteiger partial charge in [-0.05, 0) is 34.7 Å². The van der Waals surface area contributed by atoms with Crippen LogP contribution in [0.4, 0.5) is 0 Å². The lowest BCUT2D eigenvalue weighted by atomic mass is 10.2. The van der Waals surface area contributed by atoms with Crippen LogP contribution in [0.15, 0.2) is 18.2 Å². The van der Waals surface area contributed by atoms with Crippen molar-refractivity contribution in [1.29, 1.82) is 0 Å². The molecule has 2 N–H and O–H groups in total. The number of benzene rings is 1. The van der Waals surface area contributed by atoms with Crippen molar-refractivity contribution >= 4 is 44.0 Å². The summed E-state index contributed by atoms with van der Waals surface area (Å²) in [6, 6.07) is 5.59. The molecule has 2 aromatic rings. The Bertz CT molecular complexity index is 436. The quantitative estimate of drug-likeness (QED) is 0.733. The standard InChI is InChI=1S/C8H5IO2S/c9-5-3-1-2-4-6(10)8(11)12-7(4)5/h1-3,10-11H. The van der Waals surface area contributed by atoms with Crippen molar-refractivity contribution in [3.63, 3.8) is 0 Å². The van der Waals surface area contributed by atoms with E-state index in [0.29, 0.717) is 0 Å². The maximum absolute atomic E-state index is 9.38. The average Bonchev–Trinajstić information content (AvgIpc) is 2.32. The van der Waals surface area contributed by atoms with Crippen molar-refractivity contribution < 1.29 is 10.2 Å². The first-order valence-corrected chi connectivity index (χ1v) is 5.18. The highest BCUT2D eigenvalue weighted by atomic mass is 127. The zero-order chi connectivity index (χ0) is 8.72. The lowest BCUT2D eigenvalue weighted by molar-refractivity contribution is 0.419. The Hall–Kier alpha value is -0.490. The lowest BCUT2D eigenvalue weighted by Crippen LogP contribution is -1.68. The molecule has 0 unspecified atom stereocenters. The maximum atomic E-state index is 9.38. The number of thiophene rings is 1. The van der Waals surface area contributed by atoms with Gasteiger partial charge in [-0.2, -0.15) is 0 Å². The van der Waals surface area contributed by atoms with Crippen molar-refractivity contribution in [2.75, 3.05) is 0 Å². The van der Waals surface area contributed by atoms with Crippen molar-refractivity contribution in [2.24, 2.45) is 0 Å². The second-order valence-electron chi connectivity index (χ2n) is 2.37. The van der Waals surface area contributed by atoms with Gasteiger partial charge in [0, 0.05) is 8.96 Å². The summed E-state index contributed by atoms with van der Waals surface area (Å²) in [5.74, 6) is -0.00600. The molecule has 1 aromatic carbocycles. The van der Waals surface area contributed by atoms with Gasteiger partial charge in [-0.1, -0.05) is 17.4 Å². The molecule has 0 aliphatic rings. The van der Waals surface area contributed by atoms with Crippen LogP contribution in [0.2, 0.25) is 0 Å². The Morgan fingerprint density at radius 1 is 1.25 bits per heavy atom. The molecule has 0 spiro atoms. The second kappa shape index (κ2) is 2.77. The molecule has 0 saturated heterocycles. The topological polar surface area (TPSA) is 40.5 Å². The van der Waals surface area contributed by atoms with E-state index in [1.807, 2.05) is 12.1 Å². The highest BCUT2D eigenvalue weighted by Gasteiger charge is 2.10. The van der Waals surface area contributed by atoms with E-state index in [1.54, 1.807) is 6.07 Å². The Balaban J connectivity index is 2.95. The molecule has 0 amide bonds. The first kappa shape index (κ1) is 8.12. The van der Waals surface area contributed by atoms with Crippen molar-refractivity contribution in [3.05, 3.63) is 21.8 Å². The minimum Gasteiger partial charge on any atom is -0.503 e. The SMILES string of the molecule is Oc1sc2c(I)cccc2c1O. The molecule has 2 rings (SSSR count). The van der Waals surface area contributed by atoms with Gasteiger partial charge in [0.1, 0.15) is 0 Å². The molecule has 0 atom stereocenters. The zero-order valence-corrected chi connectivity index (χ0v) is 8.89. The minimum atomic E-state index is -0.00600. The van der Waals surface area contributed by atoms with Crippen molar-refractivity contribution in [3.8, 4) is 10.8 Å². The summed E-state index contributed by atoms with van der Waals surface area (Å²) >= 11 is 3.38. The third-order valence-corrected chi connectivity index (χ3v) is 3.92. The molecule has 62 valence electrons. The zero-order valence-electron chi connectivity index (χ0n) is 5.91. The van der Waals surface area contributed by atoms with E-state index in [9.17, 15) is 10.2 Å². The van der Waals surface area contributed by atoms with Crippen LogP contribution in [0.1, 0.15) is 0 Å². The number of rotatable bonds is 0. The molecule has 2 nitrogen and oxygen atoms in total. The molecule has 4 heteroatoms. The molecule has 0 saturated carbocycles. The molecule has 1 heterocycles. The number of hydrogen-bond acceptors (Lipinski definition) is 3. The molecule has 0 radical (unpaired) electrons. The van der Waals surface area contributed by atoms with Crippen LogP contribution in [0.5, 0.6) is 10.8 Å². The van der Waals surface area contributed by atoms with Crippen LogP contribution in [-0.4, -0.2) is 10.2 Å². The predicted molar refractivity (Wildman–Crippen MR) is 57.9 cm³/mol. The van der Waals surface area contributed by atoms with Crippen molar-refractivity contribution in [2.45, 2.75) is 0 Å². The van der Waals surface area contributed by atoms with E-state index in [2.05, 4.69) is 22.6 Å². The fraction of sp³-hybridized carbons (Fsp3) is 0. The normalized spacial score (nSPS) is 10.8. The summed E-state index contributed by atoms with van der Waals surface area (Å²) < 4.78 is 1.99. The van der Waals surface area contributed by atoms with E-state index >= 15 is 0 Å². The van der Waals surface area contributed by atoms with Crippen LogP contribution < -0.4 is 0 Å². The molecular weight excluding hydrogens is 287 g/mol. The summed E-state index contributed by atoms with van der Waals surface area (Å²) in [6.07, 6.45) is 0. The number of fused-ring (bicyclic) bond motifs is 1. The Morgan fingerprint density at radius 3 is 2.67 bits per heavy atom. The molecule has 1 aromatic heterocycles. The number of aromatic hydroxyl groups is 2. The van der Waals surface area contributed by atoms with E-state index in [0.717, 1.165) is 13.7 Å². The van der Waals surface area contributed by atoms with Gasteiger partial charge in [0.25, 0.3) is 0 Å². The van der Waals surface area contributed by atoms with E-state index < -0.39 is 0 Å². The van der Waals surface area contributed by atoms with Crippen LogP contribution in [0.25, 0.3) is 10.1 Å². The van der Waals surface area contributed by atoms with Crippen LogP contribution in [0.3, 0.4) is 0 Å². The van der Waals surface area contributed by atoms with Gasteiger partial charge in [0.2, 0.25) is 5.06 Å². The Labute approximate surface area is 86.6 Å². The van der Waals surface area contributed by atoms with Gasteiger partial charge in [0.05, 0.1) is 4.70 Å². The Kier molecular flexibility index (Phi) is 1.88. The molecule has 0 fully saturated rings. The second-order valence-corrected chi connectivity index (χ2v) is 4.53. The van der Waals surface area contributed by atoms with E-state index in [1.165, 1.54) is 11.3 Å². The van der Waals surface area contributed by atoms with Gasteiger partial charge in [-0.15, -0.1) is 0 Å². The summed E-state index contributed by atoms with van der Waals surface area (Å²) in [5, 5.41) is 19.3. The molecule has 12 heavy (non-hydrogen) atoms. The van der Waals surface area contributed by atoms with Crippen LogP contribution in [0, 0.1) is 3.57 Å². The summed E-state index contributed by atoms with van der Waals surface area (Å²) in [7, 11) is 0. The van der Waals surface area contributed by atoms with E-state index in [4.69, 9.17) is 0 Å². The average molecular weight is 292 g/mol. The van der Waals surface area contributed by atoms with Crippen molar-refractivity contribution in [1.82, 2.24) is 0 Å². The summed E-state index contributed by atoms with van der Waals surface area (Å²) in [5.41, 5.74) is 0. The minimum absolute atomic E-state index is 0.00545. The van der Waals surface area contributed by atoms with Gasteiger partial charge >= 0.3 is 0 Å². The third-order valence-electron chi connectivity index (χ3n) is 1.62. The van der Waals surface area contributed by atoms with Gasteiger partial charge in [-0.25, -0.2) is 0 Å². The molecule has 0 aliphatic heterocycles.